The van der Waals surface area contributed by atoms with Gasteiger partial charge in [0, 0.05) is 47.1 Å². The Labute approximate surface area is 150 Å². The molecule has 2 fully saturated rings. The van der Waals surface area contributed by atoms with Crippen molar-refractivity contribution in [1.29, 1.82) is 0 Å². The molecule has 2 aromatic heterocycles. The van der Waals surface area contributed by atoms with E-state index < -0.39 is 5.60 Å². The van der Waals surface area contributed by atoms with Gasteiger partial charge in [0.2, 0.25) is 0 Å². The zero-order valence-corrected chi connectivity index (χ0v) is 14.4. The molecule has 0 radical (unpaired) electrons. The molecule has 3 aromatic rings. The van der Waals surface area contributed by atoms with E-state index in [1.54, 1.807) is 6.20 Å². The lowest BCUT2D eigenvalue weighted by molar-refractivity contribution is 0.0379. The smallest absolute Gasteiger partial charge is 0.0924 e. The summed E-state index contributed by atoms with van der Waals surface area (Å²) in [4.78, 5) is 6.50. The molecule has 25 heavy (non-hydrogen) atoms. The molecular formula is C19H19ClN4O. The largest absolute Gasteiger partial charge is 0.385 e. The molecule has 2 aliphatic rings. The lowest BCUT2D eigenvalue weighted by Crippen LogP contribution is -2.28. The van der Waals surface area contributed by atoms with Crippen molar-refractivity contribution < 1.29 is 5.11 Å². The molecule has 6 heteroatoms. The van der Waals surface area contributed by atoms with Crippen LogP contribution in [0.3, 0.4) is 0 Å². The van der Waals surface area contributed by atoms with Crippen LogP contribution in [0.4, 0.5) is 5.69 Å². The maximum atomic E-state index is 11.4. The number of anilines is 1. The van der Waals surface area contributed by atoms with Crippen molar-refractivity contribution in [3.8, 4) is 0 Å². The number of pyridine rings is 1. The number of hydrogen-bond acceptors (Lipinski definition) is 4. The molecule has 3 heterocycles. The van der Waals surface area contributed by atoms with Gasteiger partial charge in [-0.3, -0.25) is 10.1 Å². The van der Waals surface area contributed by atoms with Crippen LogP contribution in [0.5, 0.6) is 0 Å². The van der Waals surface area contributed by atoms with Crippen LogP contribution in [0.1, 0.15) is 18.4 Å². The molecule has 3 atom stereocenters. The van der Waals surface area contributed by atoms with E-state index >= 15 is 0 Å². The van der Waals surface area contributed by atoms with Crippen LogP contribution in [0.2, 0.25) is 5.02 Å². The van der Waals surface area contributed by atoms with Gasteiger partial charge in [-0.15, -0.1) is 0 Å². The van der Waals surface area contributed by atoms with Gasteiger partial charge >= 0.3 is 0 Å². The first kappa shape index (κ1) is 15.2. The molecule has 1 unspecified atom stereocenters. The van der Waals surface area contributed by atoms with Gasteiger partial charge in [0.1, 0.15) is 0 Å². The van der Waals surface area contributed by atoms with Crippen LogP contribution in [-0.2, 0) is 5.60 Å². The Bertz CT molecular complexity index is 912. The summed E-state index contributed by atoms with van der Waals surface area (Å²) in [6.45, 7) is 1.95. The number of nitrogens with one attached hydrogen (secondary N) is 1. The van der Waals surface area contributed by atoms with Crippen LogP contribution in [0, 0.1) is 11.8 Å². The maximum Gasteiger partial charge on any atom is 0.0924 e. The van der Waals surface area contributed by atoms with Gasteiger partial charge in [0.25, 0.3) is 0 Å². The number of fused-ring (bicyclic) bond motifs is 2. The average Bonchev–Trinajstić information content (AvgIpc) is 3.28. The van der Waals surface area contributed by atoms with E-state index in [4.69, 9.17) is 11.6 Å². The summed E-state index contributed by atoms with van der Waals surface area (Å²) in [5.41, 5.74) is 2.16. The Balaban J connectivity index is 1.44. The molecule has 1 saturated carbocycles. The highest BCUT2D eigenvalue weighted by Gasteiger charge is 2.49. The third-order valence-electron chi connectivity index (χ3n) is 5.82. The highest BCUT2D eigenvalue weighted by atomic mass is 35.5. The SMILES string of the molecule is OC1(c2cc(Cl)cc3cn[nH]c23)C[C@H]2CN(c3ccncc3)C[C@H]2C1. The number of H-pyrrole nitrogens is 1. The third-order valence-corrected chi connectivity index (χ3v) is 6.04. The lowest BCUT2D eigenvalue weighted by Gasteiger charge is -2.27. The molecule has 5 rings (SSSR count). The summed E-state index contributed by atoms with van der Waals surface area (Å²) in [7, 11) is 0. The number of hydrogen-bond donors (Lipinski definition) is 2. The number of benzene rings is 1. The maximum absolute atomic E-state index is 11.4. The first-order valence-electron chi connectivity index (χ1n) is 8.63. The van der Waals surface area contributed by atoms with E-state index in [2.05, 4.69) is 32.2 Å². The van der Waals surface area contributed by atoms with E-state index in [1.165, 1.54) is 5.69 Å². The molecule has 1 aliphatic heterocycles. The van der Waals surface area contributed by atoms with Crippen molar-refractivity contribution in [2.45, 2.75) is 18.4 Å². The van der Waals surface area contributed by atoms with Crippen molar-refractivity contribution in [1.82, 2.24) is 15.2 Å². The molecule has 0 amide bonds. The second-order valence-electron chi connectivity index (χ2n) is 7.36. The molecule has 0 bridgehead atoms. The number of aromatic nitrogens is 3. The van der Waals surface area contributed by atoms with Gasteiger partial charge < -0.3 is 10.0 Å². The fourth-order valence-electron chi connectivity index (χ4n) is 4.73. The van der Waals surface area contributed by atoms with Crippen molar-refractivity contribution in [2.24, 2.45) is 11.8 Å². The first-order valence-corrected chi connectivity index (χ1v) is 9.01. The van der Waals surface area contributed by atoms with Crippen molar-refractivity contribution in [3.05, 3.63) is 53.4 Å². The van der Waals surface area contributed by atoms with Gasteiger partial charge in [-0.25, -0.2) is 0 Å². The van der Waals surface area contributed by atoms with Crippen LogP contribution in [0.15, 0.2) is 42.9 Å². The standard InChI is InChI=1S/C19H19ClN4O/c20-15-5-12-9-22-23-18(12)17(6-15)19(25)7-13-10-24(11-14(13)8-19)16-1-3-21-4-2-16/h1-6,9,13-14,25H,7-8,10-11H2,(H,22,23)/t13-,14+,19?. The van der Waals surface area contributed by atoms with Crippen molar-refractivity contribution >= 4 is 28.2 Å². The summed E-state index contributed by atoms with van der Waals surface area (Å²) in [6, 6.07) is 7.88. The van der Waals surface area contributed by atoms with Crippen LogP contribution >= 0.6 is 11.6 Å². The minimum atomic E-state index is -0.838. The predicted octanol–water partition coefficient (Wildman–Crippen LogP) is 3.35. The number of rotatable bonds is 2. The first-order chi connectivity index (χ1) is 12.1. The topological polar surface area (TPSA) is 65.0 Å². The third kappa shape index (κ3) is 2.41. The molecule has 2 N–H and O–H groups in total. The van der Waals surface area contributed by atoms with Gasteiger partial charge in [-0.05, 0) is 48.9 Å². The van der Waals surface area contributed by atoms with Crippen LogP contribution in [0.25, 0.3) is 10.9 Å². The van der Waals surface area contributed by atoms with Crippen LogP contribution < -0.4 is 4.90 Å². The van der Waals surface area contributed by atoms with E-state index in [1.807, 2.05) is 24.5 Å². The summed E-state index contributed by atoms with van der Waals surface area (Å²) < 4.78 is 0. The summed E-state index contributed by atoms with van der Waals surface area (Å²) in [5.74, 6) is 0.963. The van der Waals surface area contributed by atoms with E-state index in [9.17, 15) is 5.11 Å². The van der Waals surface area contributed by atoms with E-state index in [0.29, 0.717) is 16.9 Å². The summed E-state index contributed by atoms with van der Waals surface area (Å²) in [5, 5.41) is 20.2. The fourth-order valence-corrected chi connectivity index (χ4v) is 4.95. The van der Waals surface area contributed by atoms with E-state index in [0.717, 1.165) is 42.4 Å². The van der Waals surface area contributed by atoms with Crippen molar-refractivity contribution in [2.75, 3.05) is 18.0 Å². The van der Waals surface area contributed by atoms with Gasteiger partial charge in [-0.2, -0.15) is 5.10 Å². The monoisotopic (exact) mass is 354 g/mol. The molecule has 5 nitrogen and oxygen atoms in total. The number of aliphatic hydroxyl groups is 1. The zero-order chi connectivity index (χ0) is 17.0. The Hall–Kier alpha value is -2.11. The Morgan fingerprint density at radius 2 is 1.88 bits per heavy atom. The second kappa shape index (κ2) is 5.44. The molecule has 1 saturated heterocycles. The predicted molar refractivity (Wildman–Crippen MR) is 97.7 cm³/mol. The molecule has 128 valence electrons. The minimum Gasteiger partial charge on any atom is -0.385 e. The van der Waals surface area contributed by atoms with Gasteiger partial charge in [0.05, 0.1) is 17.3 Å². The molecule has 1 aliphatic carbocycles. The lowest BCUT2D eigenvalue weighted by atomic mass is 9.89. The zero-order valence-electron chi connectivity index (χ0n) is 13.7. The Morgan fingerprint density at radius 1 is 1.16 bits per heavy atom. The molecule has 0 spiro atoms. The van der Waals surface area contributed by atoms with Crippen molar-refractivity contribution in [3.63, 3.8) is 0 Å². The Kier molecular flexibility index (Phi) is 3.30. The number of nitrogens with zero attached hydrogens (tertiary/aromatic N) is 3. The highest BCUT2D eigenvalue weighted by molar-refractivity contribution is 6.31. The van der Waals surface area contributed by atoms with Crippen LogP contribution in [-0.4, -0.2) is 33.4 Å². The quantitative estimate of drug-likeness (QED) is 0.740. The Morgan fingerprint density at radius 3 is 2.60 bits per heavy atom. The minimum absolute atomic E-state index is 0.482. The fraction of sp³-hybridized carbons (Fsp3) is 0.368. The summed E-state index contributed by atoms with van der Waals surface area (Å²) >= 11 is 6.28. The molecular weight excluding hydrogens is 336 g/mol. The number of halogens is 1. The van der Waals surface area contributed by atoms with E-state index in [-0.39, 0.29) is 0 Å². The van der Waals surface area contributed by atoms with Gasteiger partial charge in [0.15, 0.2) is 0 Å². The summed E-state index contributed by atoms with van der Waals surface area (Å²) in [6.07, 6.45) is 6.94. The number of aromatic amines is 1. The van der Waals surface area contributed by atoms with Gasteiger partial charge in [-0.1, -0.05) is 11.6 Å². The molecule has 1 aromatic carbocycles. The highest BCUT2D eigenvalue weighted by Crippen LogP contribution is 2.51. The average molecular weight is 355 g/mol. The normalized spacial score (nSPS) is 28.6. The second-order valence-corrected chi connectivity index (χ2v) is 7.79.